The number of carbonyl (C=O) groups is 2. The summed E-state index contributed by atoms with van der Waals surface area (Å²) in [5.74, 6) is -0.0506. The summed E-state index contributed by atoms with van der Waals surface area (Å²) in [5, 5.41) is 2.74. The van der Waals surface area contributed by atoms with Crippen LogP contribution < -0.4 is 5.32 Å². The Hall–Kier alpha value is -1.84. The fourth-order valence-electron chi connectivity index (χ4n) is 2.83. The number of nitrogens with zero attached hydrogens (tertiary/aromatic N) is 1. The van der Waals surface area contributed by atoms with Gasteiger partial charge in [-0.05, 0) is 43.9 Å². The summed E-state index contributed by atoms with van der Waals surface area (Å²) in [6.45, 7) is 8.76. The molecule has 0 saturated carbocycles. The Bertz CT molecular complexity index is 528. The van der Waals surface area contributed by atoms with Crippen molar-refractivity contribution in [3.05, 3.63) is 34.4 Å². The van der Waals surface area contributed by atoms with E-state index in [1.165, 1.54) is 16.7 Å². The number of hydrogen-bond donors (Lipinski definition) is 1. The second kappa shape index (κ2) is 5.65. The largest absolute Gasteiger partial charge is 0.343 e. The zero-order chi connectivity index (χ0) is 14.9. The number of hydrogen-bond acceptors (Lipinski definition) is 2. The molecule has 0 bridgehead atoms. The van der Waals surface area contributed by atoms with Crippen molar-refractivity contribution < 1.29 is 9.59 Å². The van der Waals surface area contributed by atoms with Crippen LogP contribution in [0.5, 0.6) is 0 Å². The molecule has 2 rings (SSSR count). The van der Waals surface area contributed by atoms with Gasteiger partial charge in [0.1, 0.15) is 6.04 Å². The normalized spacial score (nSPS) is 19.2. The minimum absolute atomic E-state index is 0.0199. The van der Waals surface area contributed by atoms with Gasteiger partial charge in [-0.25, -0.2) is 0 Å². The molecule has 1 aliphatic rings. The number of aryl methyl sites for hydroxylation is 3. The first-order chi connectivity index (χ1) is 9.42. The Morgan fingerprint density at radius 2 is 1.80 bits per heavy atom. The van der Waals surface area contributed by atoms with Gasteiger partial charge in [-0.1, -0.05) is 24.6 Å². The number of benzene rings is 1. The van der Waals surface area contributed by atoms with Gasteiger partial charge in [0.2, 0.25) is 11.8 Å². The maximum atomic E-state index is 12.3. The monoisotopic (exact) mass is 274 g/mol. The molecule has 4 nitrogen and oxygen atoms in total. The van der Waals surface area contributed by atoms with Crippen LogP contribution in [-0.4, -0.2) is 29.3 Å². The van der Waals surface area contributed by atoms with E-state index >= 15 is 0 Å². The van der Waals surface area contributed by atoms with Gasteiger partial charge in [0, 0.05) is 6.54 Å². The van der Waals surface area contributed by atoms with Crippen molar-refractivity contribution >= 4 is 11.8 Å². The first-order valence-corrected chi connectivity index (χ1v) is 7.07. The first-order valence-electron chi connectivity index (χ1n) is 7.07. The Morgan fingerprint density at radius 1 is 1.20 bits per heavy atom. The number of piperazine rings is 1. The fraction of sp³-hybridized carbons (Fsp3) is 0.500. The van der Waals surface area contributed by atoms with E-state index in [0.717, 1.165) is 5.56 Å². The maximum absolute atomic E-state index is 12.3. The lowest BCUT2D eigenvalue weighted by atomic mass is 9.98. The molecule has 0 radical (unpaired) electrons. The third-order valence-corrected chi connectivity index (χ3v) is 3.88. The SMILES string of the molecule is CCC1NC(=O)CN(Cc2c(C)cc(C)cc2C)C1=O. The van der Waals surface area contributed by atoms with Gasteiger partial charge in [0.15, 0.2) is 0 Å². The lowest BCUT2D eigenvalue weighted by Crippen LogP contribution is -2.57. The molecular weight excluding hydrogens is 252 g/mol. The van der Waals surface area contributed by atoms with E-state index in [4.69, 9.17) is 0 Å². The molecule has 20 heavy (non-hydrogen) atoms. The highest BCUT2D eigenvalue weighted by molar-refractivity contribution is 5.94. The van der Waals surface area contributed by atoms with Crippen molar-refractivity contribution in [3.8, 4) is 0 Å². The van der Waals surface area contributed by atoms with E-state index < -0.39 is 0 Å². The molecule has 1 aliphatic heterocycles. The van der Waals surface area contributed by atoms with Crippen LogP contribution in [0.3, 0.4) is 0 Å². The average molecular weight is 274 g/mol. The average Bonchev–Trinajstić information content (AvgIpc) is 2.37. The minimum Gasteiger partial charge on any atom is -0.343 e. The molecule has 2 amide bonds. The van der Waals surface area contributed by atoms with Crippen LogP contribution in [0.4, 0.5) is 0 Å². The van der Waals surface area contributed by atoms with Crippen LogP contribution in [0.25, 0.3) is 0 Å². The summed E-state index contributed by atoms with van der Waals surface area (Å²) in [6, 6.07) is 3.87. The highest BCUT2D eigenvalue weighted by Crippen LogP contribution is 2.20. The van der Waals surface area contributed by atoms with Crippen LogP contribution in [0.2, 0.25) is 0 Å². The van der Waals surface area contributed by atoms with E-state index in [0.29, 0.717) is 13.0 Å². The molecule has 1 fully saturated rings. The van der Waals surface area contributed by atoms with E-state index in [1.54, 1.807) is 4.90 Å². The Morgan fingerprint density at radius 3 is 2.35 bits per heavy atom. The molecule has 4 heteroatoms. The van der Waals surface area contributed by atoms with Gasteiger partial charge < -0.3 is 10.2 Å². The topological polar surface area (TPSA) is 49.4 Å². The maximum Gasteiger partial charge on any atom is 0.245 e. The molecule has 1 atom stereocenters. The summed E-state index contributed by atoms with van der Waals surface area (Å²) in [7, 11) is 0. The lowest BCUT2D eigenvalue weighted by molar-refractivity contribution is -0.144. The van der Waals surface area contributed by atoms with E-state index in [2.05, 4.69) is 38.2 Å². The second-order valence-electron chi connectivity index (χ2n) is 5.60. The first kappa shape index (κ1) is 14.6. The zero-order valence-electron chi connectivity index (χ0n) is 12.6. The second-order valence-corrected chi connectivity index (χ2v) is 5.60. The van der Waals surface area contributed by atoms with Crippen molar-refractivity contribution in [1.82, 2.24) is 10.2 Å². The molecule has 1 N–H and O–H groups in total. The molecule has 0 aliphatic carbocycles. The molecule has 0 aromatic heterocycles. The summed E-state index contributed by atoms with van der Waals surface area (Å²) in [4.78, 5) is 25.7. The highest BCUT2D eigenvalue weighted by atomic mass is 16.2. The van der Waals surface area contributed by atoms with Crippen molar-refractivity contribution in [2.24, 2.45) is 0 Å². The van der Waals surface area contributed by atoms with Crippen LogP contribution in [-0.2, 0) is 16.1 Å². The van der Waals surface area contributed by atoms with Gasteiger partial charge in [-0.2, -0.15) is 0 Å². The molecule has 0 spiro atoms. The van der Waals surface area contributed by atoms with Crippen LogP contribution >= 0.6 is 0 Å². The standard InChI is InChI=1S/C16H22N2O2/c1-5-14-16(20)18(9-15(19)17-14)8-13-11(3)6-10(2)7-12(13)4/h6-7,14H,5,8-9H2,1-4H3,(H,17,19). The molecule has 1 saturated heterocycles. The van der Waals surface area contributed by atoms with Crippen LogP contribution in [0.1, 0.15) is 35.6 Å². The molecule has 1 aromatic rings. The summed E-state index contributed by atoms with van der Waals surface area (Å²) in [6.07, 6.45) is 0.632. The fourth-order valence-corrected chi connectivity index (χ4v) is 2.83. The van der Waals surface area contributed by atoms with E-state index in [1.807, 2.05) is 6.92 Å². The van der Waals surface area contributed by atoms with E-state index in [9.17, 15) is 9.59 Å². The van der Waals surface area contributed by atoms with Gasteiger partial charge in [-0.3, -0.25) is 9.59 Å². The number of amides is 2. The van der Waals surface area contributed by atoms with Gasteiger partial charge in [0.05, 0.1) is 6.54 Å². The molecule has 1 unspecified atom stereocenters. The van der Waals surface area contributed by atoms with Gasteiger partial charge in [-0.15, -0.1) is 0 Å². The summed E-state index contributed by atoms with van der Waals surface area (Å²) in [5.41, 5.74) is 4.72. The highest BCUT2D eigenvalue weighted by Gasteiger charge is 2.31. The van der Waals surface area contributed by atoms with Crippen LogP contribution in [0, 0.1) is 20.8 Å². The quantitative estimate of drug-likeness (QED) is 0.914. The van der Waals surface area contributed by atoms with Gasteiger partial charge >= 0.3 is 0 Å². The third-order valence-electron chi connectivity index (χ3n) is 3.88. The zero-order valence-corrected chi connectivity index (χ0v) is 12.6. The molecule has 108 valence electrons. The molecule has 1 aromatic carbocycles. The van der Waals surface area contributed by atoms with E-state index in [-0.39, 0.29) is 24.4 Å². The predicted octanol–water partition coefficient (Wildman–Crippen LogP) is 1.85. The smallest absolute Gasteiger partial charge is 0.245 e. The minimum atomic E-state index is -0.373. The van der Waals surface area contributed by atoms with Gasteiger partial charge in [0.25, 0.3) is 0 Å². The van der Waals surface area contributed by atoms with Crippen molar-refractivity contribution in [2.45, 2.75) is 46.7 Å². The summed E-state index contributed by atoms with van der Waals surface area (Å²) < 4.78 is 0. The van der Waals surface area contributed by atoms with Crippen LogP contribution in [0.15, 0.2) is 12.1 Å². The number of rotatable bonds is 3. The number of nitrogens with one attached hydrogen (secondary N) is 1. The molecular formula is C16H22N2O2. The number of carbonyl (C=O) groups excluding carboxylic acids is 2. The Labute approximate surface area is 120 Å². The lowest BCUT2D eigenvalue weighted by Gasteiger charge is -2.33. The molecule has 1 heterocycles. The Kier molecular flexibility index (Phi) is 4.12. The summed E-state index contributed by atoms with van der Waals surface area (Å²) >= 11 is 0. The third kappa shape index (κ3) is 2.84. The van der Waals surface area contributed by atoms with Crippen molar-refractivity contribution in [2.75, 3.05) is 6.54 Å². The van der Waals surface area contributed by atoms with Crippen molar-refractivity contribution in [3.63, 3.8) is 0 Å². The predicted molar refractivity (Wildman–Crippen MR) is 78.3 cm³/mol. The Balaban J connectivity index is 2.25. The van der Waals surface area contributed by atoms with Crippen molar-refractivity contribution in [1.29, 1.82) is 0 Å².